The number of hydrogen-bond donors (Lipinski definition) is 0. The highest BCUT2D eigenvalue weighted by atomic mass is 19.4. The molecule has 0 saturated heterocycles. The van der Waals surface area contributed by atoms with E-state index >= 15 is 0 Å². The Morgan fingerprint density at radius 2 is 1.73 bits per heavy atom. The van der Waals surface area contributed by atoms with Crippen molar-refractivity contribution < 1.29 is 22.6 Å². The van der Waals surface area contributed by atoms with Gasteiger partial charge in [0.25, 0.3) is 0 Å². The summed E-state index contributed by atoms with van der Waals surface area (Å²) in [6, 6.07) is 11.2. The third-order valence-electron chi connectivity index (χ3n) is 3.10. The monoisotopic (exact) mass is 308 g/mol. The van der Waals surface area contributed by atoms with Crippen LogP contribution in [0.4, 0.5) is 13.2 Å². The molecule has 0 unspecified atom stereocenters. The van der Waals surface area contributed by atoms with E-state index in [9.17, 15) is 13.2 Å². The van der Waals surface area contributed by atoms with Gasteiger partial charge in [0.15, 0.2) is 11.5 Å². The van der Waals surface area contributed by atoms with Gasteiger partial charge in [-0.25, -0.2) is 0 Å². The number of rotatable bonds is 5. The third-order valence-corrected chi connectivity index (χ3v) is 3.10. The van der Waals surface area contributed by atoms with E-state index in [1.165, 1.54) is 19.3 Å². The molecule has 2 aromatic rings. The van der Waals surface area contributed by atoms with Crippen LogP contribution in [0, 0.1) is 0 Å². The largest absolute Gasteiger partial charge is 0.492 e. The molecule has 2 nitrogen and oxygen atoms in total. The van der Waals surface area contributed by atoms with Gasteiger partial charge in [-0.15, -0.1) is 0 Å². The van der Waals surface area contributed by atoms with E-state index in [1.807, 2.05) is 6.07 Å². The zero-order valence-corrected chi connectivity index (χ0v) is 12.0. The Morgan fingerprint density at radius 3 is 2.27 bits per heavy atom. The number of methoxy groups -OCH3 is 1. The van der Waals surface area contributed by atoms with Gasteiger partial charge in [-0.05, 0) is 11.6 Å². The molecular formula is C17H15F3O2. The maximum atomic E-state index is 13.2. The lowest BCUT2D eigenvalue weighted by molar-refractivity contribution is -0.139. The Morgan fingerprint density at radius 1 is 1.05 bits per heavy atom. The van der Waals surface area contributed by atoms with E-state index in [1.54, 1.807) is 24.3 Å². The minimum absolute atomic E-state index is 0.0148. The van der Waals surface area contributed by atoms with Crippen molar-refractivity contribution in [1.82, 2.24) is 0 Å². The fourth-order valence-corrected chi connectivity index (χ4v) is 2.05. The Labute approximate surface area is 126 Å². The highest BCUT2D eigenvalue weighted by molar-refractivity contribution is 5.64. The highest BCUT2D eigenvalue weighted by Crippen LogP contribution is 2.44. The summed E-state index contributed by atoms with van der Waals surface area (Å²) in [6.07, 6.45) is -3.10. The van der Waals surface area contributed by atoms with Gasteiger partial charge in [-0.2, -0.15) is 13.2 Å². The Balaban J connectivity index is 2.43. The maximum Gasteiger partial charge on any atom is 0.420 e. The molecule has 0 bridgehead atoms. The van der Waals surface area contributed by atoms with Gasteiger partial charge in [0.2, 0.25) is 0 Å². The van der Waals surface area contributed by atoms with Crippen molar-refractivity contribution in [3.63, 3.8) is 0 Å². The van der Waals surface area contributed by atoms with Crippen LogP contribution in [0.15, 0.2) is 49.0 Å². The van der Waals surface area contributed by atoms with Crippen LogP contribution in [0.5, 0.6) is 11.5 Å². The molecule has 0 atom stereocenters. The average Bonchev–Trinajstić information content (AvgIpc) is 2.51. The summed E-state index contributed by atoms with van der Waals surface area (Å²) < 4.78 is 50.0. The molecule has 0 aromatic heterocycles. The average molecular weight is 308 g/mol. The van der Waals surface area contributed by atoms with Gasteiger partial charge >= 0.3 is 6.18 Å². The lowest BCUT2D eigenvalue weighted by Gasteiger charge is -2.18. The number of alkyl halides is 3. The molecule has 0 fully saturated rings. The number of ether oxygens (including phenoxy) is 2. The van der Waals surface area contributed by atoms with Crippen LogP contribution < -0.4 is 9.47 Å². The Bertz CT molecular complexity index is 649. The van der Waals surface area contributed by atoms with Gasteiger partial charge in [-0.1, -0.05) is 49.1 Å². The molecule has 2 aromatic carbocycles. The SMILES string of the molecule is C=Cc1ccc(C(F)(F)F)c(OCc2ccccc2)c1OC. The second kappa shape index (κ2) is 6.56. The van der Waals surface area contributed by atoms with Crippen molar-refractivity contribution in [2.75, 3.05) is 7.11 Å². The minimum Gasteiger partial charge on any atom is -0.492 e. The predicted octanol–water partition coefficient (Wildman–Crippen LogP) is 4.94. The number of halogens is 3. The lowest BCUT2D eigenvalue weighted by atomic mass is 10.1. The molecule has 0 heterocycles. The van der Waals surface area contributed by atoms with Crippen molar-refractivity contribution in [3.05, 3.63) is 65.7 Å². The molecule has 116 valence electrons. The first kappa shape index (κ1) is 15.9. The van der Waals surface area contributed by atoms with Crippen LogP contribution in [0.2, 0.25) is 0 Å². The van der Waals surface area contributed by atoms with E-state index in [0.717, 1.165) is 11.6 Å². The summed E-state index contributed by atoms with van der Waals surface area (Å²) in [5, 5.41) is 0. The normalized spacial score (nSPS) is 11.1. The smallest absolute Gasteiger partial charge is 0.420 e. The molecule has 0 aliphatic rings. The zero-order valence-electron chi connectivity index (χ0n) is 12.0. The first-order valence-corrected chi connectivity index (χ1v) is 6.54. The van der Waals surface area contributed by atoms with Crippen LogP contribution in [0.25, 0.3) is 6.08 Å². The molecule has 0 aliphatic carbocycles. The third kappa shape index (κ3) is 3.42. The van der Waals surface area contributed by atoms with E-state index in [0.29, 0.717) is 5.56 Å². The summed E-state index contributed by atoms with van der Waals surface area (Å²) in [5.74, 6) is -0.294. The molecule has 0 spiro atoms. The molecule has 2 rings (SSSR count). The number of benzene rings is 2. The van der Waals surface area contributed by atoms with Crippen molar-refractivity contribution >= 4 is 6.08 Å². The molecule has 5 heteroatoms. The summed E-state index contributed by atoms with van der Waals surface area (Å²) >= 11 is 0. The van der Waals surface area contributed by atoms with Gasteiger partial charge in [-0.3, -0.25) is 0 Å². The van der Waals surface area contributed by atoms with Gasteiger partial charge in [0.05, 0.1) is 7.11 Å². The van der Waals surface area contributed by atoms with E-state index < -0.39 is 11.7 Å². The highest BCUT2D eigenvalue weighted by Gasteiger charge is 2.36. The fourth-order valence-electron chi connectivity index (χ4n) is 2.05. The minimum atomic E-state index is -4.53. The first-order chi connectivity index (χ1) is 10.5. The Kier molecular flexibility index (Phi) is 4.75. The van der Waals surface area contributed by atoms with Gasteiger partial charge < -0.3 is 9.47 Å². The first-order valence-electron chi connectivity index (χ1n) is 6.54. The predicted molar refractivity (Wildman–Crippen MR) is 78.9 cm³/mol. The van der Waals surface area contributed by atoms with Crippen molar-refractivity contribution in [1.29, 1.82) is 0 Å². The number of hydrogen-bond acceptors (Lipinski definition) is 2. The molecular weight excluding hydrogens is 293 g/mol. The maximum absolute atomic E-state index is 13.2. The van der Waals surface area contributed by atoms with Crippen LogP contribution in [-0.2, 0) is 12.8 Å². The lowest BCUT2D eigenvalue weighted by Crippen LogP contribution is -2.10. The zero-order chi connectivity index (χ0) is 16.2. The van der Waals surface area contributed by atoms with Crippen LogP contribution in [0.1, 0.15) is 16.7 Å². The van der Waals surface area contributed by atoms with Crippen molar-refractivity contribution in [2.45, 2.75) is 12.8 Å². The molecule has 0 saturated carbocycles. The van der Waals surface area contributed by atoms with Crippen LogP contribution >= 0.6 is 0 Å². The molecule has 0 amide bonds. The summed E-state index contributed by atoms with van der Waals surface area (Å²) in [5.41, 5.74) is 0.339. The summed E-state index contributed by atoms with van der Waals surface area (Å²) in [4.78, 5) is 0. The quantitative estimate of drug-likeness (QED) is 0.779. The molecule has 0 radical (unpaired) electrons. The van der Waals surface area contributed by atoms with Crippen molar-refractivity contribution in [3.8, 4) is 11.5 Å². The second-order valence-electron chi connectivity index (χ2n) is 4.54. The van der Waals surface area contributed by atoms with Crippen LogP contribution in [-0.4, -0.2) is 7.11 Å². The molecule has 0 N–H and O–H groups in total. The van der Waals surface area contributed by atoms with Crippen LogP contribution in [0.3, 0.4) is 0 Å². The summed E-state index contributed by atoms with van der Waals surface area (Å²) in [7, 11) is 1.30. The fraction of sp³-hybridized carbons (Fsp3) is 0.176. The summed E-state index contributed by atoms with van der Waals surface area (Å²) in [6.45, 7) is 3.59. The van der Waals surface area contributed by atoms with Gasteiger partial charge in [0.1, 0.15) is 12.2 Å². The second-order valence-corrected chi connectivity index (χ2v) is 4.54. The standard InChI is InChI=1S/C17H15F3O2/c1-3-13-9-10-14(17(18,19)20)16(15(13)21-2)22-11-12-7-5-4-6-8-12/h3-10H,1,11H2,2H3. The van der Waals surface area contributed by atoms with Gasteiger partial charge in [0, 0.05) is 5.56 Å². The van der Waals surface area contributed by atoms with E-state index in [-0.39, 0.29) is 18.1 Å². The van der Waals surface area contributed by atoms with E-state index in [4.69, 9.17) is 9.47 Å². The molecule has 0 aliphatic heterocycles. The topological polar surface area (TPSA) is 18.5 Å². The Hall–Kier alpha value is -2.43. The van der Waals surface area contributed by atoms with Crippen molar-refractivity contribution in [2.24, 2.45) is 0 Å². The van der Waals surface area contributed by atoms with E-state index in [2.05, 4.69) is 6.58 Å². The molecule has 22 heavy (non-hydrogen) atoms.